The predicted octanol–water partition coefficient (Wildman–Crippen LogP) is 7.00. The number of benzene rings is 1. The van der Waals surface area contributed by atoms with E-state index in [1.807, 2.05) is 41.4 Å². The number of carbonyl (C=O) groups excluding carboxylic acids is 1. The van der Waals surface area contributed by atoms with E-state index in [2.05, 4.69) is 43.9 Å². The average Bonchev–Trinajstić information content (AvgIpc) is 3.68. The Bertz CT molecular complexity index is 1520. The summed E-state index contributed by atoms with van der Waals surface area (Å²) in [7, 11) is 0. The van der Waals surface area contributed by atoms with E-state index in [4.69, 9.17) is 19.2 Å². The second-order valence-corrected chi connectivity index (χ2v) is 15.2. The summed E-state index contributed by atoms with van der Waals surface area (Å²) in [6.45, 7) is 14.2. The molecule has 46 heavy (non-hydrogen) atoms. The van der Waals surface area contributed by atoms with Gasteiger partial charge in [0.25, 0.3) is 5.91 Å². The molecule has 1 aliphatic carbocycles. The molecule has 8 heteroatoms. The third-order valence-corrected chi connectivity index (χ3v) is 12.5. The molecule has 0 N–H and O–H groups in total. The lowest BCUT2D eigenvalue weighted by Gasteiger charge is -2.47. The lowest BCUT2D eigenvalue weighted by Crippen LogP contribution is -2.58. The zero-order valence-electron chi connectivity index (χ0n) is 27.9. The molecule has 0 radical (unpaired) electrons. The summed E-state index contributed by atoms with van der Waals surface area (Å²) < 4.78 is 18.0. The number of ether oxygens (including phenoxy) is 3. The van der Waals surface area contributed by atoms with Crippen LogP contribution in [0.4, 0.5) is 0 Å². The van der Waals surface area contributed by atoms with E-state index in [9.17, 15) is 4.79 Å². The minimum Gasteiger partial charge on any atom is -0.473 e. The first kappa shape index (κ1) is 31.8. The topological polar surface area (TPSA) is 64.1 Å². The number of hydrogen-bond donors (Lipinski definition) is 0. The number of amides is 1. The monoisotopic (exact) mass is 643 g/mol. The Morgan fingerprint density at radius 2 is 1.83 bits per heavy atom. The van der Waals surface area contributed by atoms with Crippen LogP contribution < -0.4 is 4.74 Å². The number of nitrogens with zero attached hydrogens (tertiary/aromatic N) is 3. The van der Waals surface area contributed by atoms with Gasteiger partial charge in [-0.1, -0.05) is 37.3 Å². The van der Waals surface area contributed by atoms with Crippen LogP contribution >= 0.6 is 11.3 Å². The van der Waals surface area contributed by atoms with Gasteiger partial charge in [0.05, 0.1) is 30.9 Å². The van der Waals surface area contributed by atoms with E-state index in [0.29, 0.717) is 49.1 Å². The normalized spacial score (nSPS) is 24.6. The summed E-state index contributed by atoms with van der Waals surface area (Å²) in [5.74, 6) is 1.95. The van der Waals surface area contributed by atoms with Crippen molar-refractivity contribution in [3.05, 3.63) is 79.7 Å². The van der Waals surface area contributed by atoms with Crippen LogP contribution in [-0.4, -0.2) is 71.8 Å². The first-order valence-corrected chi connectivity index (χ1v) is 18.2. The molecule has 1 saturated carbocycles. The molecule has 1 aromatic carbocycles. The smallest absolute Gasteiger partial charge is 0.255 e. The summed E-state index contributed by atoms with van der Waals surface area (Å²) >= 11 is 1.91. The van der Waals surface area contributed by atoms with Crippen molar-refractivity contribution in [2.24, 2.45) is 5.92 Å². The van der Waals surface area contributed by atoms with E-state index in [1.165, 1.54) is 41.0 Å². The van der Waals surface area contributed by atoms with E-state index in [0.717, 1.165) is 73.6 Å². The molecular weight excluding hydrogens is 595 g/mol. The Balaban J connectivity index is 0.975. The van der Waals surface area contributed by atoms with Gasteiger partial charge >= 0.3 is 0 Å². The fourth-order valence-corrected chi connectivity index (χ4v) is 9.55. The number of hydrogen-bond acceptors (Lipinski definition) is 7. The van der Waals surface area contributed by atoms with Crippen LogP contribution in [-0.2, 0) is 29.0 Å². The third kappa shape index (κ3) is 6.64. The lowest BCUT2D eigenvalue weighted by atomic mass is 9.76. The number of thiophene rings is 1. The standard InChI is InChI=1S/C38H49N3O4S/c1-24-18-25(2)39-37(44-22-28-8-6-5-7-9-28)33(24)21-40-16-14-34-35(38(40)42)27(4)36(46-34)26(3)29-10-12-30(13-11-29)41-19-32(20-41)45-31-15-17-43-23-31/h5-9,18,26,29-32H,10-17,19-23H2,1-4H3/t26-,29?,30?,31-/m1/s1. The number of pyridine rings is 1. The maximum atomic E-state index is 14.1. The molecule has 2 saturated heterocycles. The van der Waals surface area contributed by atoms with Gasteiger partial charge in [-0.15, -0.1) is 11.3 Å². The highest BCUT2D eigenvalue weighted by atomic mass is 32.1. The van der Waals surface area contributed by atoms with Gasteiger partial charge in [0, 0.05) is 59.7 Å². The van der Waals surface area contributed by atoms with Gasteiger partial charge in [0.1, 0.15) is 6.61 Å². The highest BCUT2D eigenvalue weighted by Gasteiger charge is 2.39. The lowest BCUT2D eigenvalue weighted by molar-refractivity contribution is -0.110. The predicted molar refractivity (Wildman–Crippen MR) is 182 cm³/mol. The molecule has 5 heterocycles. The molecule has 3 aromatic rings. The first-order chi connectivity index (χ1) is 22.3. The Hall–Kier alpha value is -2.78. The highest BCUT2D eigenvalue weighted by molar-refractivity contribution is 7.12. The van der Waals surface area contributed by atoms with Gasteiger partial charge in [-0.2, -0.15) is 0 Å². The van der Waals surface area contributed by atoms with Gasteiger partial charge in [0.2, 0.25) is 5.88 Å². The molecule has 2 aromatic heterocycles. The third-order valence-electron chi connectivity index (χ3n) is 10.9. The highest BCUT2D eigenvalue weighted by Crippen LogP contribution is 2.44. The molecule has 0 bridgehead atoms. The molecule has 4 aliphatic rings. The quantitative estimate of drug-likeness (QED) is 0.237. The van der Waals surface area contributed by atoms with Crippen LogP contribution in [0.3, 0.4) is 0 Å². The van der Waals surface area contributed by atoms with Gasteiger partial charge in [-0.25, -0.2) is 4.98 Å². The molecule has 1 amide bonds. The summed E-state index contributed by atoms with van der Waals surface area (Å²) in [5, 5.41) is 0. The van der Waals surface area contributed by atoms with Crippen LogP contribution in [0.15, 0.2) is 36.4 Å². The number of carbonyl (C=O) groups is 1. The fourth-order valence-electron chi connectivity index (χ4n) is 8.11. The minimum atomic E-state index is 0.157. The van der Waals surface area contributed by atoms with Gasteiger partial charge in [-0.05, 0) is 87.5 Å². The second kappa shape index (κ2) is 13.8. The van der Waals surface area contributed by atoms with Crippen molar-refractivity contribution in [2.75, 3.05) is 32.8 Å². The van der Waals surface area contributed by atoms with Crippen molar-refractivity contribution in [3.8, 4) is 5.88 Å². The van der Waals surface area contributed by atoms with E-state index in [-0.39, 0.29) is 5.91 Å². The van der Waals surface area contributed by atoms with Crippen molar-refractivity contribution in [3.63, 3.8) is 0 Å². The molecule has 0 spiro atoms. The molecule has 7 rings (SSSR count). The second-order valence-electron chi connectivity index (χ2n) is 14.1. The van der Waals surface area contributed by atoms with Crippen LogP contribution in [0.5, 0.6) is 5.88 Å². The number of aromatic nitrogens is 1. The van der Waals surface area contributed by atoms with E-state index < -0.39 is 0 Å². The van der Waals surface area contributed by atoms with Crippen molar-refractivity contribution in [1.82, 2.24) is 14.8 Å². The fraction of sp³-hybridized carbons (Fsp3) is 0.579. The Morgan fingerprint density at radius 3 is 2.57 bits per heavy atom. The molecule has 246 valence electrons. The average molecular weight is 644 g/mol. The maximum Gasteiger partial charge on any atom is 0.255 e. The van der Waals surface area contributed by atoms with E-state index >= 15 is 0 Å². The molecule has 0 unspecified atom stereocenters. The van der Waals surface area contributed by atoms with Crippen molar-refractivity contribution in [1.29, 1.82) is 0 Å². The van der Waals surface area contributed by atoms with Crippen LogP contribution in [0.2, 0.25) is 0 Å². The summed E-state index contributed by atoms with van der Waals surface area (Å²) in [5.41, 5.74) is 6.31. The summed E-state index contributed by atoms with van der Waals surface area (Å²) in [6, 6.07) is 13.0. The van der Waals surface area contributed by atoms with Crippen LogP contribution in [0, 0.1) is 26.7 Å². The molecule has 3 aliphatic heterocycles. The summed E-state index contributed by atoms with van der Waals surface area (Å²) in [6.07, 6.45) is 7.71. The number of fused-ring (bicyclic) bond motifs is 1. The molecule has 2 atom stereocenters. The SMILES string of the molecule is Cc1cc(C)c(CN2CCc3sc([C@H](C)C4CCC(N5CC(O[C@@H]6CCOC6)C5)CC4)c(C)c3C2=O)c(OCc2ccccc2)n1. The van der Waals surface area contributed by atoms with Crippen molar-refractivity contribution >= 4 is 17.2 Å². The van der Waals surface area contributed by atoms with Crippen molar-refractivity contribution < 1.29 is 19.0 Å². The van der Waals surface area contributed by atoms with Gasteiger partial charge < -0.3 is 19.1 Å². The van der Waals surface area contributed by atoms with Crippen molar-refractivity contribution in [2.45, 2.75) is 104 Å². The largest absolute Gasteiger partial charge is 0.473 e. The first-order valence-electron chi connectivity index (χ1n) is 17.4. The molecular formula is C38H49N3O4S. The molecule has 3 fully saturated rings. The number of aryl methyl sites for hydroxylation is 2. The maximum absolute atomic E-state index is 14.1. The zero-order valence-corrected chi connectivity index (χ0v) is 28.7. The zero-order chi connectivity index (χ0) is 31.8. The Labute approximate surface area is 278 Å². The minimum absolute atomic E-state index is 0.157. The summed E-state index contributed by atoms with van der Waals surface area (Å²) in [4.78, 5) is 26.2. The van der Waals surface area contributed by atoms with Gasteiger partial charge in [-0.3, -0.25) is 9.69 Å². The van der Waals surface area contributed by atoms with Crippen LogP contribution in [0.25, 0.3) is 0 Å². The Morgan fingerprint density at radius 1 is 1.04 bits per heavy atom. The molecule has 7 nitrogen and oxygen atoms in total. The number of likely N-dealkylation sites (tertiary alicyclic amines) is 1. The Kier molecular flexibility index (Phi) is 9.51. The van der Waals surface area contributed by atoms with E-state index in [1.54, 1.807) is 0 Å². The number of rotatable bonds is 10. The van der Waals surface area contributed by atoms with Gasteiger partial charge in [0.15, 0.2) is 0 Å². The van der Waals surface area contributed by atoms with Crippen LogP contribution in [0.1, 0.15) is 93.0 Å².